The van der Waals surface area contributed by atoms with Crippen molar-refractivity contribution in [2.75, 3.05) is 0 Å². The van der Waals surface area contributed by atoms with Crippen LogP contribution < -0.4 is 0 Å². The lowest BCUT2D eigenvalue weighted by Gasteiger charge is -2.22. The lowest BCUT2D eigenvalue weighted by molar-refractivity contribution is -0.225. The zero-order valence-corrected chi connectivity index (χ0v) is 8.86. The third kappa shape index (κ3) is 4.70. The lowest BCUT2D eigenvalue weighted by atomic mass is 9.89. The first kappa shape index (κ1) is 11.9. The van der Waals surface area contributed by atoms with Gasteiger partial charge < -0.3 is 0 Å². The fourth-order valence-electron chi connectivity index (χ4n) is 0.947. The highest BCUT2D eigenvalue weighted by atomic mass is 19.3. The van der Waals surface area contributed by atoms with Gasteiger partial charge in [-0.25, -0.2) is 0 Å². The Bertz CT molecular complexity index is 121. The summed E-state index contributed by atoms with van der Waals surface area (Å²) >= 11 is 0. The standard InChI is InChI=1S/C10H21FO/c1-8(2)9(3)6-7-10(4,5)12-11/h8-9H,6-7H2,1-5H3. The number of rotatable bonds is 5. The maximum absolute atomic E-state index is 11.9. The van der Waals surface area contributed by atoms with E-state index < -0.39 is 5.60 Å². The van der Waals surface area contributed by atoms with E-state index in [4.69, 9.17) is 0 Å². The molecule has 0 amide bonds. The minimum absolute atomic E-state index is 0.608. The quantitative estimate of drug-likeness (QED) is 0.620. The molecule has 0 saturated heterocycles. The summed E-state index contributed by atoms with van der Waals surface area (Å²) in [5.74, 6) is 1.31. The molecule has 0 aliphatic carbocycles. The highest BCUT2D eigenvalue weighted by Crippen LogP contribution is 2.23. The van der Waals surface area contributed by atoms with Crippen LogP contribution in [0.15, 0.2) is 0 Å². The van der Waals surface area contributed by atoms with Crippen LogP contribution in [0, 0.1) is 11.8 Å². The molecule has 0 aromatic carbocycles. The van der Waals surface area contributed by atoms with Crippen LogP contribution in [0.3, 0.4) is 0 Å². The Labute approximate surface area is 75.2 Å². The molecular weight excluding hydrogens is 155 g/mol. The van der Waals surface area contributed by atoms with Crippen molar-refractivity contribution in [1.82, 2.24) is 0 Å². The molecule has 12 heavy (non-hydrogen) atoms. The van der Waals surface area contributed by atoms with Gasteiger partial charge in [0, 0.05) is 0 Å². The Morgan fingerprint density at radius 1 is 1.25 bits per heavy atom. The molecule has 0 saturated carbocycles. The average molecular weight is 176 g/mol. The molecular formula is C10H21FO. The van der Waals surface area contributed by atoms with Gasteiger partial charge in [0.15, 0.2) is 0 Å². The molecule has 0 aromatic rings. The third-order valence-corrected chi connectivity index (χ3v) is 2.55. The van der Waals surface area contributed by atoms with Crippen molar-refractivity contribution in [1.29, 1.82) is 0 Å². The molecule has 0 heterocycles. The van der Waals surface area contributed by atoms with Crippen molar-refractivity contribution in [3.63, 3.8) is 0 Å². The molecule has 0 rings (SSSR count). The summed E-state index contributed by atoms with van der Waals surface area (Å²) in [6.07, 6.45) is 1.80. The predicted octanol–water partition coefficient (Wildman–Crippen LogP) is 3.74. The predicted molar refractivity (Wildman–Crippen MR) is 49.5 cm³/mol. The maximum Gasteiger partial charge on any atom is 0.103 e. The molecule has 0 bridgehead atoms. The first-order valence-electron chi connectivity index (χ1n) is 4.69. The Morgan fingerprint density at radius 2 is 1.75 bits per heavy atom. The molecule has 0 aliphatic rings. The summed E-state index contributed by atoms with van der Waals surface area (Å²) in [7, 11) is 0. The molecule has 0 aromatic heterocycles. The Morgan fingerprint density at radius 3 is 2.08 bits per heavy atom. The van der Waals surface area contributed by atoms with Gasteiger partial charge in [-0.15, -0.1) is 0 Å². The molecule has 1 unspecified atom stereocenters. The molecule has 0 fully saturated rings. The van der Waals surface area contributed by atoms with Gasteiger partial charge in [-0.3, -0.25) is 0 Å². The summed E-state index contributed by atoms with van der Waals surface area (Å²) in [5.41, 5.74) is -0.608. The molecule has 0 spiro atoms. The van der Waals surface area contributed by atoms with Crippen molar-refractivity contribution in [2.45, 2.75) is 53.1 Å². The van der Waals surface area contributed by atoms with E-state index in [-0.39, 0.29) is 0 Å². The van der Waals surface area contributed by atoms with Crippen LogP contribution >= 0.6 is 0 Å². The van der Waals surface area contributed by atoms with E-state index in [0.29, 0.717) is 11.8 Å². The van der Waals surface area contributed by atoms with Crippen molar-refractivity contribution in [3.05, 3.63) is 0 Å². The van der Waals surface area contributed by atoms with Gasteiger partial charge >= 0.3 is 0 Å². The molecule has 1 atom stereocenters. The molecule has 0 N–H and O–H groups in total. The fraction of sp³-hybridized carbons (Fsp3) is 1.00. The van der Waals surface area contributed by atoms with Crippen molar-refractivity contribution in [2.24, 2.45) is 11.8 Å². The van der Waals surface area contributed by atoms with E-state index in [1.165, 1.54) is 0 Å². The molecule has 0 aliphatic heterocycles. The van der Waals surface area contributed by atoms with Gasteiger partial charge in [0.2, 0.25) is 0 Å². The van der Waals surface area contributed by atoms with Crippen LogP contribution in [0.1, 0.15) is 47.5 Å². The fourth-order valence-corrected chi connectivity index (χ4v) is 0.947. The van der Waals surface area contributed by atoms with E-state index in [2.05, 4.69) is 25.7 Å². The topological polar surface area (TPSA) is 9.23 Å². The monoisotopic (exact) mass is 176 g/mol. The van der Waals surface area contributed by atoms with E-state index in [9.17, 15) is 4.53 Å². The van der Waals surface area contributed by atoms with Crippen LogP contribution in [0.2, 0.25) is 0 Å². The van der Waals surface area contributed by atoms with E-state index in [0.717, 1.165) is 12.8 Å². The highest BCUT2D eigenvalue weighted by Gasteiger charge is 2.21. The second kappa shape index (κ2) is 4.80. The summed E-state index contributed by atoms with van der Waals surface area (Å²) in [6.45, 7) is 10.1. The van der Waals surface area contributed by atoms with Gasteiger partial charge in [-0.2, -0.15) is 4.94 Å². The van der Waals surface area contributed by atoms with Gasteiger partial charge in [0.05, 0.1) is 0 Å². The van der Waals surface area contributed by atoms with E-state index in [1.807, 2.05) is 0 Å². The summed E-state index contributed by atoms with van der Waals surface area (Å²) in [6, 6.07) is 0. The van der Waals surface area contributed by atoms with Crippen LogP contribution in [0.4, 0.5) is 4.53 Å². The zero-order valence-electron chi connectivity index (χ0n) is 8.86. The largest absolute Gasteiger partial charge is 0.188 e. The summed E-state index contributed by atoms with van der Waals surface area (Å²) in [4.78, 5) is 3.87. The maximum atomic E-state index is 11.9. The van der Waals surface area contributed by atoms with E-state index >= 15 is 0 Å². The molecule has 0 radical (unpaired) electrons. The molecule has 2 heteroatoms. The van der Waals surface area contributed by atoms with Crippen LogP contribution in [-0.4, -0.2) is 5.60 Å². The van der Waals surface area contributed by atoms with Crippen molar-refractivity contribution >= 4 is 0 Å². The SMILES string of the molecule is CC(C)C(C)CCC(C)(C)OF. The second-order valence-electron chi connectivity index (χ2n) is 4.60. The van der Waals surface area contributed by atoms with Crippen LogP contribution in [-0.2, 0) is 4.94 Å². The minimum Gasteiger partial charge on any atom is -0.188 e. The van der Waals surface area contributed by atoms with Gasteiger partial charge in [-0.05, 0) is 43.1 Å². The minimum atomic E-state index is -0.608. The van der Waals surface area contributed by atoms with Gasteiger partial charge in [0.1, 0.15) is 5.60 Å². The van der Waals surface area contributed by atoms with Crippen molar-refractivity contribution in [3.8, 4) is 0 Å². The number of hydrogen-bond acceptors (Lipinski definition) is 1. The van der Waals surface area contributed by atoms with E-state index in [1.54, 1.807) is 13.8 Å². The first-order chi connectivity index (χ1) is 5.39. The van der Waals surface area contributed by atoms with Crippen molar-refractivity contribution < 1.29 is 9.47 Å². The first-order valence-corrected chi connectivity index (χ1v) is 4.69. The lowest BCUT2D eigenvalue weighted by Crippen LogP contribution is -2.22. The Kier molecular flexibility index (Phi) is 4.76. The molecule has 74 valence electrons. The number of halogens is 1. The normalized spacial score (nSPS) is 15.2. The third-order valence-electron chi connectivity index (χ3n) is 2.55. The molecule has 1 nitrogen and oxygen atoms in total. The number of hydrogen-bond donors (Lipinski definition) is 0. The highest BCUT2D eigenvalue weighted by molar-refractivity contribution is 4.69. The Hall–Kier alpha value is -0.110. The summed E-state index contributed by atoms with van der Waals surface area (Å²) in [5, 5.41) is 0. The smallest absolute Gasteiger partial charge is 0.103 e. The summed E-state index contributed by atoms with van der Waals surface area (Å²) < 4.78 is 11.9. The average Bonchev–Trinajstić information content (AvgIpc) is 2.00. The van der Waals surface area contributed by atoms with Crippen LogP contribution in [0.5, 0.6) is 0 Å². The zero-order chi connectivity index (χ0) is 9.78. The Balaban J connectivity index is 3.67. The van der Waals surface area contributed by atoms with Crippen LogP contribution in [0.25, 0.3) is 0 Å². The second-order valence-corrected chi connectivity index (χ2v) is 4.60. The van der Waals surface area contributed by atoms with Gasteiger partial charge in [0.25, 0.3) is 0 Å². The van der Waals surface area contributed by atoms with Gasteiger partial charge in [-0.1, -0.05) is 20.8 Å².